The molecule has 2 aliphatic heterocycles. The van der Waals surface area contributed by atoms with E-state index in [0.29, 0.717) is 0 Å². The number of hydrogen-bond acceptors (Lipinski definition) is 5. The Bertz CT molecular complexity index is 599. The summed E-state index contributed by atoms with van der Waals surface area (Å²) in [5, 5.41) is 1.20. The van der Waals surface area contributed by atoms with Crippen LogP contribution in [0.2, 0.25) is 0 Å². The van der Waals surface area contributed by atoms with E-state index in [9.17, 15) is 0 Å². The minimum atomic E-state index is 0.760. The van der Waals surface area contributed by atoms with Crippen LogP contribution in [-0.4, -0.2) is 67.1 Å². The highest BCUT2D eigenvalue weighted by molar-refractivity contribution is 7.22. The van der Waals surface area contributed by atoms with Gasteiger partial charge in [-0.3, -0.25) is 4.90 Å². The summed E-state index contributed by atoms with van der Waals surface area (Å²) in [5.41, 5.74) is 1.14. The molecule has 118 valence electrons. The van der Waals surface area contributed by atoms with Crippen LogP contribution in [0.4, 0.5) is 5.13 Å². The van der Waals surface area contributed by atoms with E-state index in [1.165, 1.54) is 48.9 Å². The van der Waals surface area contributed by atoms with Gasteiger partial charge in [-0.25, -0.2) is 4.98 Å². The van der Waals surface area contributed by atoms with E-state index in [1.54, 1.807) is 0 Å². The summed E-state index contributed by atoms with van der Waals surface area (Å²) >= 11 is 1.83. The average molecular weight is 316 g/mol. The van der Waals surface area contributed by atoms with E-state index < -0.39 is 0 Å². The Labute approximate surface area is 136 Å². The van der Waals surface area contributed by atoms with E-state index in [-0.39, 0.29) is 0 Å². The fourth-order valence-electron chi connectivity index (χ4n) is 3.71. The first-order valence-corrected chi connectivity index (χ1v) is 9.14. The first kappa shape index (κ1) is 14.4. The average Bonchev–Trinajstić information content (AvgIpc) is 2.99. The highest BCUT2D eigenvalue weighted by atomic mass is 32.1. The Kier molecular flexibility index (Phi) is 4.03. The number of aromatic nitrogens is 1. The molecule has 0 N–H and O–H groups in total. The highest BCUT2D eigenvalue weighted by Crippen LogP contribution is 2.29. The number of likely N-dealkylation sites (N-methyl/N-ethyl adjacent to an activating group) is 1. The van der Waals surface area contributed by atoms with Crippen LogP contribution >= 0.6 is 11.3 Å². The number of nitrogens with zero attached hydrogens (tertiary/aromatic N) is 4. The van der Waals surface area contributed by atoms with Crippen molar-refractivity contribution in [3.63, 3.8) is 0 Å². The first-order valence-electron chi connectivity index (χ1n) is 8.33. The van der Waals surface area contributed by atoms with Crippen LogP contribution in [0.25, 0.3) is 10.2 Å². The molecule has 3 heterocycles. The molecule has 1 unspecified atom stereocenters. The molecule has 0 amide bonds. The molecule has 0 bridgehead atoms. The van der Waals surface area contributed by atoms with E-state index in [1.807, 2.05) is 11.3 Å². The maximum atomic E-state index is 4.80. The van der Waals surface area contributed by atoms with Crippen molar-refractivity contribution in [3.05, 3.63) is 24.3 Å². The minimum Gasteiger partial charge on any atom is -0.345 e. The van der Waals surface area contributed by atoms with Gasteiger partial charge in [-0.05, 0) is 38.6 Å². The first-order chi connectivity index (χ1) is 10.8. The smallest absolute Gasteiger partial charge is 0.186 e. The molecule has 2 saturated heterocycles. The van der Waals surface area contributed by atoms with E-state index >= 15 is 0 Å². The zero-order valence-corrected chi connectivity index (χ0v) is 14.1. The molecule has 2 aromatic rings. The molecule has 4 nitrogen and oxygen atoms in total. The number of anilines is 1. The summed E-state index contributed by atoms with van der Waals surface area (Å²) in [6.45, 7) is 7.08. The summed E-state index contributed by atoms with van der Waals surface area (Å²) in [5.74, 6) is 0. The van der Waals surface area contributed by atoms with Crippen molar-refractivity contribution in [3.8, 4) is 0 Å². The maximum Gasteiger partial charge on any atom is 0.186 e. The van der Waals surface area contributed by atoms with Crippen molar-refractivity contribution in [2.75, 3.05) is 51.2 Å². The molecule has 2 fully saturated rings. The SMILES string of the molecule is CN1CCCC(N2CCN(c3nc4ccccc4s3)CC2)C1. The molecule has 1 aromatic heterocycles. The zero-order chi connectivity index (χ0) is 14.9. The van der Waals surface area contributed by atoms with Gasteiger partial charge in [-0.2, -0.15) is 0 Å². The lowest BCUT2D eigenvalue weighted by molar-refractivity contribution is 0.106. The van der Waals surface area contributed by atoms with Crippen molar-refractivity contribution in [2.45, 2.75) is 18.9 Å². The molecule has 0 radical (unpaired) electrons. The fraction of sp³-hybridized carbons (Fsp3) is 0.588. The van der Waals surface area contributed by atoms with Crippen LogP contribution in [-0.2, 0) is 0 Å². The van der Waals surface area contributed by atoms with E-state index in [4.69, 9.17) is 4.98 Å². The second-order valence-corrected chi connectivity index (χ2v) is 7.55. The molecule has 5 heteroatoms. The summed E-state index contributed by atoms with van der Waals surface area (Å²) in [4.78, 5) is 12.4. The Balaban J connectivity index is 1.41. The van der Waals surface area contributed by atoms with Crippen molar-refractivity contribution in [1.82, 2.24) is 14.8 Å². The quantitative estimate of drug-likeness (QED) is 0.849. The molecule has 1 aromatic carbocycles. The molecule has 4 rings (SSSR count). The third-order valence-corrected chi connectivity index (χ3v) is 6.08. The van der Waals surface area contributed by atoms with Gasteiger partial charge in [0.2, 0.25) is 0 Å². The second-order valence-electron chi connectivity index (χ2n) is 6.55. The fourth-order valence-corrected chi connectivity index (χ4v) is 4.73. The molecule has 22 heavy (non-hydrogen) atoms. The van der Waals surface area contributed by atoms with Gasteiger partial charge in [-0.15, -0.1) is 0 Å². The number of thiazole rings is 1. The van der Waals surface area contributed by atoms with Gasteiger partial charge in [0, 0.05) is 38.8 Å². The lowest BCUT2D eigenvalue weighted by Crippen LogP contribution is -2.54. The Morgan fingerprint density at radius 2 is 1.91 bits per heavy atom. The van der Waals surface area contributed by atoms with Crippen LogP contribution in [0.15, 0.2) is 24.3 Å². The van der Waals surface area contributed by atoms with Crippen molar-refractivity contribution < 1.29 is 0 Å². The molecule has 0 saturated carbocycles. The predicted octanol–water partition coefficient (Wildman–Crippen LogP) is 2.51. The number of likely N-dealkylation sites (tertiary alicyclic amines) is 1. The van der Waals surface area contributed by atoms with Crippen LogP contribution < -0.4 is 4.90 Å². The summed E-state index contributed by atoms with van der Waals surface area (Å²) in [7, 11) is 2.25. The molecule has 0 spiro atoms. The number of hydrogen-bond donors (Lipinski definition) is 0. The normalized spacial score (nSPS) is 25.0. The number of para-hydroxylation sites is 1. The van der Waals surface area contributed by atoms with Crippen LogP contribution in [0.1, 0.15) is 12.8 Å². The summed E-state index contributed by atoms with van der Waals surface area (Å²) in [6.07, 6.45) is 2.71. The molecular formula is C17H24N4S. The lowest BCUT2D eigenvalue weighted by Gasteiger charge is -2.42. The lowest BCUT2D eigenvalue weighted by atomic mass is 10.0. The van der Waals surface area contributed by atoms with Gasteiger partial charge < -0.3 is 9.80 Å². The molecule has 0 aliphatic carbocycles. The van der Waals surface area contributed by atoms with Crippen molar-refractivity contribution >= 4 is 26.7 Å². The number of piperidine rings is 1. The monoisotopic (exact) mass is 316 g/mol. The standard InChI is InChI=1S/C17H24N4S/c1-19-8-4-5-14(13-19)20-9-11-21(12-10-20)17-18-15-6-2-3-7-16(15)22-17/h2-3,6-7,14H,4-5,8-13H2,1H3. The van der Waals surface area contributed by atoms with Crippen LogP contribution in [0.5, 0.6) is 0 Å². The third-order valence-electron chi connectivity index (χ3n) is 4.98. The van der Waals surface area contributed by atoms with Crippen molar-refractivity contribution in [1.29, 1.82) is 0 Å². The number of benzene rings is 1. The zero-order valence-electron chi connectivity index (χ0n) is 13.2. The summed E-state index contributed by atoms with van der Waals surface area (Å²) < 4.78 is 1.30. The minimum absolute atomic E-state index is 0.760. The number of fused-ring (bicyclic) bond motifs is 1. The second kappa shape index (κ2) is 6.14. The van der Waals surface area contributed by atoms with Gasteiger partial charge in [-0.1, -0.05) is 23.5 Å². The maximum absolute atomic E-state index is 4.80. The molecule has 2 aliphatic rings. The van der Waals surface area contributed by atoms with E-state index in [0.717, 1.165) is 24.6 Å². The van der Waals surface area contributed by atoms with Gasteiger partial charge >= 0.3 is 0 Å². The Morgan fingerprint density at radius 3 is 2.68 bits per heavy atom. The molecule has 1 atom stereocenters. The third kappa shape index (κ3) is 2.85. The number of piperazine rings is 1. The topological polar surface area (TPSA) is 22.6 Å². The Hall–Kier alpha value is -1.17. The van der Waals surface area contributed by atoms with Gasteiger partial charge in [0.1, 0.15) is 0 Å². The van der Waals surface area contributed by atoms with Crippen molar-refractivity contribution in [2.24, 2.45) is 0 Å². The van der Waals surface area contributed by atoms with Crippen LogP contribution in [0, 0.1) is 0 Å². The number of rotatable bonds is 2. The van der Waals surface area contributed by atoms with Crippen LogP contribution in [0.3, 0.4) is 0 Å². The predicted molar refractivity (Wildman–Crippen MR) is 93.9 cm³/mol. The largest absolute Gasteiger partial charge is 0.345 e. The molecular weight excluding hydrogens is 292 g/mol. The highest BCUT2D eigenvalue weighted by Gasteiger charge is 2.27. The van der Waals surface area contributed by atoms with E-state index in [2.05, 4.69) is 46.0 Å². The van der Waals surface area contributed by atoms with Gasteiger partial charge in [0.05, 0.1) is 10.2 Å². The Morgan fingerprint density at radius 1 is 1.09 bits per heavy atom. The van der Waals surface area contributed by atoms with Gasteiger partial charge in [0.25, 0.3) is 0 Å². The summed E-state index contributed by atoms with van der Waals surface area (Å²) in [6, 6.07) is 9.22. The van der Waals surface area contributed by atoms with Gasteiger partial charge in [0.15, 0.2) is 5.13 Å².